The molecule has 0 radical (unpaired) electrons. The van der Waals surface area contributed by atoms with E-state index in [1.807, 2.05) is 24.5 Å². The van der Waals surface area contributed by atoms with Gasteiger partial charge in [-0.05, 0) is 29.9 Å². The van der Waals surface area contributed by atoms with E-state index in [1.165, 1.54) is 11.8 Å². The molecule has 0 spiro atoms. The highest BCUT2D eigenvalue weighted by atomic mass is 32.2. The standard InChI is InChI=1S/C22H34N4O5S2/c1-13(2)18(22(30)31)26-21(29)17(11-14-7-5-4-6-8-14)25-20(28)16(9-10-33-3)24-19(27)15(23)12-32/h4-8,13,15-18,32H,9-12,23H2,1-3H3,(H,24,27)(H,25,28)(H,26,29)(H,30,31). The van der Waals surface area contributed by atoms with Gasteiger partial charge in [0.25, 0.3) is 0 Å². The Kier molecular flexibility index (Phi) is 12.9. The van der Waals surface area contributed by atoms with Crippen molar-refractivity contribution in [3.8, 4) is 0 Å². The van der Waals surface area contributed by atoms with E-state index in [1.54, 1.807) is 26.0 Å². The van der Waals surface area contributed by atoms with Crippen molar-refractivity contribution in [1.29, 1.82) is 0 Å². The smallest absolute Gasteiger partial charge is 0.326 e. The highest BCUT2D eigenvalue weighted by Crippen LogP contribution is 2.08. The van der Waals surface area contributed by atoms with E-state index in [2.05, 4.69) is 28.6 Å². The van der Waals surface area contributed by atoms with Crippen LogP contribution in [0.15, 0.2) is 30.3 Å². The Morgan fingerprint density at radius 1 is 1.00 bits per heavy atom. The molecule has 6 N–H and O–H groups in total. The molecule has 0 saturated heterocycles. The maximum atomic E-state index is 13.1. The number of amides is 3. The van der Waals surface area contributed by atoms with Crippen LogP contribution in [0.4, 0.5) is 0 Å². The summed E-state index contributed by atoms with van der Waals surface area (Å²) in [6.45, 7) is 3.37. The molecule has 11 heteroatoms. The second-order valence-electron chi connectivity index (χ2n) is 7.95. The summed E-state index contributed by atoms with van der Waals surface area (Å²) in [5.41, 5.74) is 6.50. The lowest BCUT2D eigenvalue weighted by Gasteiger charge is -2.26. The van der Waals surface area contributed by atoms with Crippen molar-refractivity contribution in [3.63, 3.8) is 0 Å². The number of thioether (sulfide) groups is 1. The summed E-state index contributed by atoms with van der Waals surface area (Å²) in [5, 5.41) is 17.3. The molecule has 0 aromatic heterocycles. The molecule has 1 rings (SSSR count). The molecule has 0 bridgehead atoms. The van der Waals surface area contributed by atoms with Gasteiger partial charge in [0.1, 0.15) is 18.1 Å². The summed E-state index contributed by atoms with van der Waals surface area (Å²) in [6, 6.07) is 5.15. The minimum Gasteiger partial charge on any atom is -0.480 e. The highest BCUT2D eigenvalue weighted by molar-refractivity contribution is 7.98. The van der Waals surface area contributed by atoms with E-state index < -0.39 is 47.9 Å². The number of hydrogen-bond donors (Lipinski definition) is 6. The first kappa shape index (κ1) is 28.8. The molecule has 0 heterocycles. The Morgan fingerprint density at radius 3 is 2.09 bits per heavy atom. The normalized spacial score (nSPS) is 14.6. The summed E-state index contributed by atoms with van der Waals surface area (Å²) < 4.78 is 0. The van der Waals surface area contributed by atoms with Crippen LogP contribution in [-0.4, -0.2) is 70.7 Å². The number of hydrogen-bond acceptors (Lipinski definition) is 7. The van der Waals surface area contributed by atoms with E-state index in [9.17, 15) is 24.3 Å². The minimum absolute atomic E-state index is 0.119. The van der Waals surface area contributed by atoms with Gasteiger partial charge in [-0.15, -0.1) is 0 Å². The first-order valence-electron chi connectivity index (χ1n) is 10.6. The molecule has 1 aromatic carbocycles. The highest BCUT2D eigenvalue weighted by Gasteiger charge is 2.31. The van der Waals surface area contributed by atoms with Crippen LogP contribution in [0.5, 0.6) is 0 Å². The SMILES string of the molecule is CSCCC(NC(=O)C(N)CS)C(=O)NC(Cc1ccccc1)C(=O)NC(C(=O)O)C(C)C. The Balaban J connectivity index is 3.08. The number of nitrogens with two attached hydrogens (primary N) is 1. The third-order valence-corrected chi connectivity index (χ3v) is 5.96. The number of carboxylic acid groups (broad SMARTS) is 1. The molecule has 33 heavy (non-hydrogen) atoms. The molecular formula is C22H34N4O5S2. The number of thiol groups is 1. The van der Waals surface area contributed by atoms with Crippen LogP contribution in [0.2, 0.25) is 0 Å². The topological polar surface area (TPSA) is 151 Å². The zero-order chi connectivity index (χ0) is 25.0. The lowest BCUT2D eigenvalue weighted by Crippen LogP contribution is -2.58. The van der Waals surface area contributed by atoms with Gasteiger partial charge in [0.2, 0.25) is 17.7 Å². The minimum atomic E-state index is -1.16. The van der Waals surface area contributed by atoms with Crippen LogP contribution in [0, 0.1) is 5.92 Å². The van der Waals surface area contributed by atoms with E-state index in [4.69, 9.17) is 5.73 Å². The summed E-state index contributed by atoms with van der Waals surface area (Å²) in [5.74, 6) is -2.47. The second-order valence-corrected chi connectivity index (χ2v) is 9.30. The van der Waals surface area contributed by atoms with Crippen LogP contribution < -0.4 is 21.7 Å². The second kappa shape index (κ2) is 14.8. The molecule has 4 atom stereocenters. The average Bonchev–Trinajstić information content (AvgIpc) is 2.78. The third kappa shape index (κ3) is 10.1. The molecule has 9 nitrogen and oxygen atoms in total. The third-order valence-electron chi connectivity index (χ3n) is 4.92. The number of aliphatic carboxylic acids is 1. The fourth-order valence-electron chi connectivity index (χ4n) is 2.96. The number of carboxylic acids is 1. The Labute approximate surface area is 204 Å². The molecule has 0 fully saturated rings. The quantitative estimate of drug-likeness (QED) is 0.204. The van der Waals surface area contributed by atoms with Gasteiger partial charge in [0, 0.05) is 12.2 Å². The first-order valence-corrected chi connectivity index (χ1v) is 12.7. The predicted octanol–water partition coefficient (Wildman–Crippen LogP) is 0.434. The molecule has 3 amide bonds. The maximum Gasteiger partial charge on any atom is 0.326 e. The van der Waals surface area contributed by atoms with Crippen molar-refractivity contribution in [2.75, 3.05) is 17.8 Å². The molecule has 0 aliphatic heterocycles. The molecule has 0 saturated carbocycles. The summed E-state index contributed by atoms with van der Waals surface area (Å²) in [7, 11) is 0. The number of carbonyl (C=O) groups is 4. The average molecular weight is 499 g/mol. The first-order chi connectivity index (χ1) is 15.6. The molecule has 1 aromatic rings. The number of rotatable bonds is 14. The van der Waals surface area contributed by atoms with Crippen LogP contribution in [0.25, 0.3) is 0 Å². The van der Waals surface area contributed by atoms with Gasteiger partial charge in [-0.25, -0.2) is 4.79 Å². The van der Waals surface area contributed by atoms with E-state index in [-0.39, 0.29) is 18.1 Å². The van der Waals surface area contributed by atoms with Crippen LogP contribution in [0.3, 0.4) is 0 Å². The lowest BCUT2D eigenvalue weighted by atomic mass is 10.0. The van der Waals surface area contributed by atoms with Gasteiger partial charge in [0.15, 0.2) is 0 Å². The Bertz CT molecular complexity index is 794. The Hall–Kier alpha value is -2.24. The zero-order valence-electron chi connectivity index (χ0n) is 19.1. The van der Waals surface area contributed by atoms with Gasteiger partial charge in [0.05, 0.1) is 6.04 Å². The largest absolute Gasteiger partial charge is 0.480 e. The zero-order valence-corrected chi connectivity index (χ0v) is 20.8. The van der Waals surface area contributed by atoms with Crippen molar-refractivity contribution < 1.29 is 24.3 Å². The molecule has 0 aliphatic carbocycles. The van der Waals surface area contributed by atoms with Gasteiger partial charge in [-0.2, -0.15) is 24.4 Å². The van der Waals surface area contributed by atoms with E-state index in [0.717, 1.165) is 5.56 Å². The Morgan fingerprint density at radius 2 is 1.58 bits per heavy atom. The molecular weight excluding hydrogens is 464 g/mol. The fourth-order valence-corrected chi connectivity index (χ4v) is 3.60. The van der Waals surface area contributed by atoms with Gasteiger partial charge < -0.3 is 26.8 Å². The lowest BCUT2D eigenvalue weighted by molar-refractivity contribution is -0.143. The number of carbonyl (C=O) groups excluding carboxylic acids is 3. The van der Waals surface area contributed by atoms with E-state index in [0.29, 0.717) is 12.2 Å². The molecule has 4 unspecified atom stereocenters. The summed E-state index contributed by atoms with van der Waals surface area (Å²) in [4.78, 5) is 49.9. The fraction of sp³-hybridized carbons (Fsp3) is 0.545. The monoisotopic (exact) mass is 498 g/mol. The predicted molar refractivity (Wildman–Crippen MR) is 133 cm³/mol. The van der Waals surface area contributed by atoms with Crippen LogP contribution >= 0.6 is 24.4 Å². The number of nitrogens with one attached hydrogen (secondary N) is 3. The van der Waals surface area contributed by atoms with Crippen molar-refractivity contribution in [2.24, 2.45) is 11.7 Å². The van der Waals surface area contributed by atoms with Crippen molar-refractivity contribution in [3.05, 3.63) is 35.9 Å². The molecule has 184 valence electrons. The van der Waals surface area contributed by atoms with Crippen molar-refractivity contribution in [2.45, 2.75) is 50.9 Å². The molecule has 0 aliphatic rings. The number of benzene rings is 1. The van der Waals surface area contributed by atoms with Crippen molar-refractivity contribution in [1.82, 2.24) is 16.0 Å². The van der Waals surface area contributed by atoms with Gasteiger partial charge in [-0.3, -0.25) is 14.4 Å². The van der Waals surface area contributed by atoms with E-state index >= 15 is 0 Å². The van der Waals surface area contributed by atoms with Crippen LogP contribution in [-0.2, 0) is 25.6 Å². The maximum absolute atomic E-state index is 13.1. The summed E-state index contributed by atoms with van der Waals surface area (Å²) in [6.07, 6.45) is 2.36. The summed E-state index contributed by atoms with van der Waals surface area (Å²) >= 11 is 5.52. The van der Waals surface area contributed by atoms with Crippen molar-refractivity contribution >= 4 is 48.1 Å². The van der Waals surface area contributed by atoms with Gasteiger partial charge >= 0.3 is 5.97 Å². The van der Waals surface area contributed by atoms with Gasteiger partial charge in [-0.1, -0.05) is 44.2 Å². The van der Waals surface area contributed by atoms with Crippen LogP contribution in [0.1, 0.15) is 25.8 Å².